The lowest BCUT2D eigenvalue weighted by Crippen LogP contribution is -2.18. The third-order valence-electron chi connectivity index (χ3n) is 3.02. The fraction of sp³-hybridized carbons (Fsp3) is 0.545. The van der Waals surface area contributed by atoms with Crippen LogP contribution in [-0.4, -0.2) is 32.1 Å². The van der Waals surface area contributed by atoms with Gasteiger partial charge in [-0.05, 0) is 25.8 Å². The smallest absolute Gasteiger partial charge is 0.165 e. The standard InChI is InChI=1S/C11H16N6/c12-10-9-11(15-6-14-10)17(7-16-9)5-1-4-13-8-2-3-8/h6-8,13H,1-5H2,(H2,12,14,15). The van der Waals surface area contributed by atoms with Crippen LogP contribution in [0.2, 0.25) is 0 Å². The summed E-state index contributed by atoms with van der Waals surface area (Å²) in [7, 11) is 0. The predicted octanol–water partition coefficient (Wildman–Crippen LogP) is 0.551. The highest BCUT2D eigenvalue weighted by molar-refractivity contribution is 5.80. The van der Waals surface area contributed by atoms with Gasteiger partial charge in [-0.3, -0.25) is 0 Å². The summed E-state index contributed by atoms with van der Waals surface area (Å²) < 4.78 is 2.03. The molecule has 2 aromatic heterocycles. The van der Waals surface area contributed by atoms with Gasteiger partial charge in [-0.25, -0.2) is 15.0 Å². The van der Waals surface area contributed by atoms with Gasteiger partial charge in [0.1, 0.15) is 11.8 Å². The molecule has 6 heteroatoms. The first-order valence-corrected chi connectivity index (χ1v) is 5.99. The summed E-state index contributed by atoms with van der Waals surface area (Å²) in [4.78, 5) is 12.4. The first kappa shape index (κ1) is 10.5. The van der Waals surface area contributed by atoms with E-state index < -0.39 is 0 Å². The Hall–Kier alpha value is -1.69. The van der Waals surface area contributed by atoms with Crippen LogP contribution in [0, 0.1) is 0 Å². The van der Waals surface area contributed by atoms with Crippen LogP contribution in [0.4, 0.5) is 5.82 Å². The number of imidazole rings is 1. The Morgan fingerprint density at radius 2 is 2.24 bits per heavy atom. The van der Waals surface area contributed by atoms with Crippen molar-refractivity contribution in [2.45, 2.75) is 31.8 Å². The van der Waals surface area contributed by atoms with Crippen LogP contribution in [0.3, 0.4) is 0 Å². The number of aromatic nitrogens is 4. The Balaban J connectivity index is 1.65. The molecular formula is C11H16N6. The van der Waals surface area contributed by atoms with Crippen molar-refractivity contribution in [2.75, 3.05) is 12.3 Å². The maximum absolute atomic E-state index is 5.73. The van der Waals surface area contributed by atoms with Crippen LogP contribution in [0.15, 0.2) is 12.7 Å². The number of hydrogen-bond acceptors (Lipinski definition) is 5. The molecule has 0 saturated heterocycles. The fourth-order valence-electron chi connectivity index (χ4n) is 1.91. The molecule has 6 nitrogen and oxygen atoms in total. The molecule has 3 N–H and O–H groups in total. The number of nitrogen functional groups attached to an aromatic ring is 1. The van der Waals surface area contributed by atoms with E-state index in [4.69, 9.17) is 5.73 Å². The Kier molecular flexibility index (Phi) is 2.64. The monoisotopic (exact) mass is 232 g/mol. The molecule has 0 atom stereocenters. The van der Waals surface area contributed by atoms with E-state index in [1.807, 2.05) is 4.57 Å². The summed E-state index contributed by atoms with van der Waals surface area (Å²) in [5.74, 6) is 0.449. The normalized spacial score (nSPS) is 15.5. The molecular weight excluding hydrogens is 216 g/mol. The second kappa shape index (κ2) is 4.29. The minimum absolute atomic E-state index is 0.449. The number of aryl methyl sites for hydroxylation is 1. The summed E-state index contributed by atoms with van der Waals surface area (Å²) in [6.45, 7) is 1.96. The third kappa shape index (κ3) is 2.21. The molecule has 0 amide bonds. The molecule has 1 aliphatic rings. The van der Waals surface area contributed by atoms with Crippen LogP contribution in [-0.2, 0) is 6.54 Å². The van der Waals surface area contributed by atoms with E-state index in [0.29, 0.717) is 11.3 Å². The van der Waals surface area contributed by atoms with Crippen molar-refractivity contribution in [1.82, 2.24) is 24.8 Å². The Morgan fingerprint density at radius 3 is 3.06 bits per heavy atom. The van der Waals surface area contributed by atoms with Crippen LogP contribution in [0.25, 0.3) is 11.2 Å². The lowest BCUT2D eigenvalue weighted by Gasteiger charge is -2.04. The predicted molar refractivity (Wildman–Crippen MR) is 65.4 cm³/mol. The van der Waals surface area contributed by atoms with E-state index in [1.165, 1.54) is 19.2 Å². The average Bonchev–Trinajstić information content (AvgIpc) is 3.06. The van der Waals surface area contributed by atoms with E-state index in [1.54, 1.807) is 6.33 Å². The second-order valence-electron chi connectivity index (χ2n) is 4.45. The van der Waals surface area contributed by atoms with Gasteiger partial charge in [0.05, 0.1) is 6.33 Å². The van der Waals surface area contributed by atoms with E-state index in [2.05, 4.69) is 20.3 Å². The van der Waals surface area contributed by atoms with Gasteiger partial charge in [0.25, 0.3) is 0 Å². The van der Waals surface area contributed by atoms with Crippen molar-refractivity contribution in [3.63, 3.8) is 0 Å². The molecule has 0 unspecified atom stereocenters. The number of nitrogens with two attached hydrogens (primary N) is 1. The largest absolute Gasteiger partial charge is 0.382 e. The average molecular weight is 232 g/mol. The molecule has 0 spiro atoms. The van der Waals surface area contributed by atoms with Gasteiger partial charge in [-0.15, -0.1) is 0 Å². The molecule has 1 fully saturated rings. The van der Waals surface area contributed by atoms with E-state index in [0.717, 1.165) is 31.2 Å². The number of rotatable bonds is 5. The van der Waals surface area contributed by atoms with Crippen molar-refractivity contribution < 1.29 is 0 Å². The Bertz CT molecular complexity index is 516. The van der Waals surface area contributed by atoms with Crippen molar-refractivity contribution in [3.8, 4) is 0 Å². The Labute approximate surface area is 99.3 Å². The van der Waals surface area contributed by atoms with Crippen LogP contribution >= 0.6 is 0 Å². The maximum Gasteiger partial charge on any atom is 0.165 e. The third-order valence-corrected chi connectivity index (χ3v) is 3.02. The van der Waals surface area contributed by atoms with Crippen LogP contribution in [0.1, 0.15) is 19.3 Å². The molecule has 1 aliphatic carbocycles. The second-order valence-corrected chi connectivity index (χ2v) is 4.45. The first-order chi connectivity index (χ1) is 8.34. The zero-order valence-electron chi connectivity index (χ0n) is 9.63. The molecule has 2 heterocycles. The van der Waals surface area contributed by atoms with Gasteiger partial charge < -0.3 is 15.6 Å². The zero-order chi connectivity index (χ0) is 11.7. The van der Waals surface area contributed by atoms with E-state index in [9.17, 15) is 0 Å². The quantitative estimate of drug-likeness (QED) is 0.736. The van der Waals surface area contributed by atoms with E-state index in [-0.39, 0.29) is 0 Å². The molecule has 17 heavy (non-hydrogen) atoms. The topological polar surface area (TPSA) is 81.7 Å². The molecule has 90 valence electrons. The van der Waals surface area contributed by atoms with Gasteiger partial charge in [-0.1, -0.05) is 0 Å². The maximum atomic E-state index is 5.73. The first-order valence-electron chi connectivity index (χ1n) is 5.99. The molecule has 0 aliphatic heterocycles. The summed E-state index contributed by atoms with van der Waals surface area (Å²) in [6.07, 6.45) is 7.01. The van der Waals surface area contributed by atoms with Crippen LogP contribution in [0.5, 0.6) is 0 Å². The number of anilines is 1. The zero-order valence-corrected chi connectivity index (χ0v) is 9.63. The van der Waals surface area contributed by atoms with Crippen LogP contribution < -0.4 is 11.1 Å². The van der Waals surface area contributed by atoms with Gasteiger partial charge in [0.15, 0.2) is 11.5 Å². The lowest BCUT2D eigenvalue weighted by atomic mass is 10.4. The molecule has 3 rings (SSSR count). The number of nitrogens with zero attached hydrogens (tertiary/aromatic N) is 4. The van der Waals surface area contributed by atoms with Gasteiger partial charge >= 0.3 is 0 Å². The molecule has 0 aromatic carbocycles. The van der Waals surface area contributed by atoms with Gasteiger partial charge in [-0.2, -0.15) is 0 Å². The fourth-order valence-corrected chi connectivity index (χ4v) is 1.91. The Morgan fingerprint density at radius 1 is 1.35 bits per heavy atom. The number of hydrogen-bond donors (Lipinski definition) is 2. The summed E-state index contributed by atoms with van der Waals surface area (Å²) in [6, 6.07) is 0.771. The summed E-state index contributed by atoms with van der Waals surface area (Å²) >= 11 is 0. The number of nitrogens with one attached hydrogen (secondary N) is 1. The molecule has 1 saturated carbocycles. The highest BCUT2D eigenvalue weighted by Crippen LogP contribution is 2.18. The highest BCUT2D eigenvalue weighted by atomic mass is 15.1. The van der Waals surface area contributed by atoms with E-state index >= 15 is 0 Å². The van der Waals surface area contributed by atoms with Crippen molar-refractivity contribution in [1.29, 1.82) is 0 Å². The number of fused-ring (bicyclic) bond motifs is 1. The summed E-state index contributed by atoms with van der Waals surface area (Å²) in [5, 5.41) is 3.49. The van der Waals surface area contributed by atoms with Crippen molar-refractivity contribution in [3.05, 3.63) is 12.7 Å². The molecule has 0 bridgehead atoms. The van der Waals surface area contributed by atoms with Gasteiger partial charge in [0.2, 0.25) is 0 Å². The summed E-state index contributed by atoms with van der Waals surface area (Å²) in [5.41, 5.74) is 7.25. The van der Waals surface area contributed by atoms with Gasteiger partial charge in [0, 0.05) is 12.6 Å². The molecule has 0 radical (unpaired) electrons. The lowest BCUT2D eigenvalue weighted by molar-refractivity contribution is 0.584. The minimum atomic E-state index is 0.449. The minimum Gasteiger partial charge on any atom is -0.382 e. The van der Waals surface area contributed by atoms with Crippen molar-refractivity contribution in [2.24, 2.45) is 0 Å². The molecule has 2 aromatic rings. The van der Waals surface area contributed by atoms with Crippen molar-refractivity contribution >= 4 is 17.0 Å². The highest BCUT2D eigenvalue weighted by Gasteiger charge is 2.19. The SMILES string of the molecule is Nc1ncnc2c1ncn2CCCNC1CC1.